The highest BCUT2D eigenvalue weighted by Crippen LogP contribution is 2.11. The van der Waals surface area contributed by atoms with Gasteiger partial charge in [0.2, 0.25) is 5.91 Å². The van der Waals surface area contributed by atoms with E-state index in [0.29, 0.717) is 6.54 Å². The van der Waals surface area contributed by atoms with E-state index in [4.69, 9.17) is 4.74 Å². The fourth-order valence-corrected chi connectivity index (χ4v) is 1.89. The summed E-state index contributed by atoms with van der Waals surface area (Å²) in [6, 6.07) is 8.03. The van der Waals surface area contributed by atoms with E-state index in [1.165, 1.54) is 5.56 Å². The number of carbonyl (C=O) groups is 1. The number of methoxy groups -OCH3 is 1. The second kappa shape index (κ2) is 7.29. The number of nitrogens with zero attached hydrogens (tertiary/aromatic N) is 1. The Bertz CT molecular complexity index is 421. The third-order valence-corrected chi connectivity index (χ3v) is 2.87. The minimum Gasteiger partial charge on any atom is -0.497 e. The molecule has 20 heavy (non-hydrogen) atoms. The molecule has 0 radical (unpaired) electrons. The summed E-state index contributed by atoms with van der Waals surface area (Å²) in [6.07, 6.45) is 0.920. The predicted molar refractivity (Wildman–Crippen MR) is 82.1 cm³/mol. The average Bonchev–Trinajstić information content (AvgIpc) is 2.34. The summed E-state index contributed by atoms with van der Waals surface area (Å²) in [7, 11) is 3.63. The lowest BCUT2D eigenvalue weighted by Gasteiger charge is -2.23. The van der Waals surface area contributed by atoms with Crippen LogP contribution in [0.25, 0.3) is 0 Å². The molecule has 0 aromatic heterocycles. The van der Waals surface area contributed by atoms with E-state index in [0.717, 1.165) is 18.7 Å². The first kappa shape index (κ1) is 16.5. The molecule has 0 bridgehead atoms. The zero-order chi connectivity index (χ0) is 15.2. The standard InChI is InChI=1S/C16H26N2O2/c1-16(2,3)17-15(19)12-18(4)11-10-13-6-8-14(20-5)9-7-13/h6-9H,10-12H2,1-5H3,(H,17,19). The monoisotopic (exact) mass is 278 g/mol. The molecule has 1 amide bonds. The normalized spacial score (nSPS) is 11.5. The Labute approximate surface area is 122 Å². The summed E-state index contributed by atoms with van der Waals surface area (Å²) >= 11 is 0. The molecule has 0 aliphatic rings. The molecular formula is C16H26N2O2. The van der Waals surface area contributed by atoms with Crippen LogP contribution >= 0.6 is 0 Å². The highest BCUT2D eigenvalue weighted by Gasteiger charge is 2.14. The van der Waals surface area contributed by atoms with E-state index >= 15 is 0 Å². The third-order valence-electron chi connectivity index (χ3n) is 2.87. The van der Waals surface area contributed by atoms with Crippen LogP contribution in [0.15, 0.2) is 24.3 Å². The molecular weight excluding hydrogens is 252 g/mol. The molecule has 0 aliphatic carbocycles. The van der Waals surface area contributed by atoms with Gasteiger partial charge >= 0.3 is 0 Å². The predicted octanol–water partition coefficient (Wildman–Crippen LogP) is 2.08. The number of hydrogen-bond acceptors (Lipinski definition) is 3. The second-order valence-electron chi connectivity index (χ2n) is 6.13. The number of likely N-dealkylation sites (N-methyl/N-ethyl adjacent to an activating group) is 1. The maximum absolute atomic E-state index is 11.8. The van der Waals surface area contributed by atoms with Crippen LogP contribution in [-0.2, 0) is 11.2 Å². The number of rotatable bonds is 6. The molecule has 0 unspecified atom stereocenters. The maximum atomic E-state index is 11.8. The van der Waals surface area contributed by atoms with Crippen LogP contribution in [-0.4, -0.2) is 43.6 Å². The number of amides is 1. The van der Waals surface area contributed by atoms with Gasteiger partial charge in [-0.15, -0.1) is 0 Å². The molecule has 4 heteroatoms. The van der Waals surface area contributed by atoms with Crippen molar-refractivity contribution < 1.29 is 9.53 Å². The molecule has 4 nitrogen and oxygen atoms in total. The number of benzene rings is 1. The van der Waals surface area contributed by atoms with Crippen molar-refractivity contribution in [2.45, 2.75) is 32.7 Å². The van der Waals surface area contributed by atoms with Crippen LogP contribution in [0.3, 0.4) is 0 Å². The molecule has 1 aromatic rings. The molecule has 0 saturated heterocycles. The lowest BCUT2D eigenvalue weighted by atomic mass is 10.1. The minimum atomic E-state index is -0.173. The topological polar surface area (TPSA) is 41.6 Å². The Morgan fingerprint density at radius 2 is 1.85 bits per heavy atom. The Hall–Kier alpha value is -1.55. The highest BCUT2D eigenvalue weighted by molar-refractivity contribution is 5.78. The summed E-state index contributed by atoms with van der Waals surface area (Å²) in [5.41, 5.74) is 1.07. The molecule has 1 rings (SSSR count). The van der Waals surface area contributed by atoms with Crippen LogP contribution < -0.4 is 10.1 Å². The number of nitrogens with one attached hydrogen (secondary N) is 1. The van der Waals surface area contributed by atoms with Crippen molar-refractivity contribution in [3.8, 4) is 5.75 Å². The molecule has 0 heterocycles. The van der Waals surface area contributed by atoms with Gasteiger partial charge in [-0.3, -0.25) is 9.69 Å². The van der Waals surface area contributed by atoms with Crippen LogP contribution in [0.5, 0.6) is 5.75 Å². The molecule has 0 spiro atoms. The van der Waals surface area contributed by atoms with E-state index in [-0.39, 0.29) is 11.4 Å². The lowest BCUT2D eigenvalue weighted by molar-refractivity contribution is -0.123. The van der Waals surface area contributed by atoms with Gasteiger partial charge < -0.3 is 10.1 Å². The first-order chi connectivity index (χ1) is 9.30. The second-order valence-corrected chi connectivity index (χ2v) is 6.13. The van der Waals surface area contributed by atoms with Crippen molar-refractivity contribution >= 4 is 5.91 Å². The lowest BCUT2D eigenvalue weighted by Crippen LogP contribution is -2.45. The van der Waals surface area contributed by atoms with Gasteiger partial charge in [0.25, 0.3) is 0 Å². The molecule has 1 aromatic carbocycles. The highest BCUT2D eigenvalue weighted by atomic mass is 16.5. The van der Waals surface area contributed by atoms with E-state index in [1.54, 1.807) is 7.11 Å². The summed E-state index contributed by atoms with van der Waals surface area (Å²) in [5, 5.41) is 2.97. The summed E-state index contributed by atoms with van der Waals surface area (Å²) in [5.74, 6) is 0.932. The van der Waals surface area contributed by atoms with Crippen LogP contribution in [0.2, 0.25) is 0 Å². The van der Waals surface area contributed by atoms with Crippen molar-refractivity contribution in [2.24, 2.45) is 0 Å². The van der Waals surface area contributed by atoms with Gasteiger partial charge in [-0.1, -0.05) is 12.1 Å². The van der Waals surface area contributed by atoms with Crippen LogP contribution in [0.4, 0.5) is 0 Å². The van der Waals surface area contributed by atoms with Crippen molar-refractivity contribution in [2.75, 3.05) is 27.2 Å². The van der Waals surface area contributed by atoms with Crippen LogP contribution in [0.1, 0.15) is 26.3 Å². The van der Waals surface area contributed by atoms with Gasteiger partial charge in [-0.2, -0.15) is 0 Å². The Morgan fingerprint density at radius 1 is 1.25 bits per heavy atom. The Balaban J connectivity index is 2.35. The first-order valence-electron chi connectivity index (χ1n) is 6.92. The quantitative estimate of drug-likeness (QED) is 0.866. The molecule has 112 valence electrons. The average molecular weight is 278 g/mol. The molecule has 0 aliphatic heterocycles. The van der Waals surface area contributed by atoms with Gasteiger partial charge in [0.05, 0.1) is 13.7 Å². The Morgan fingerprint density at radius 3 is 2.35 bits per heavy atom. The van der Waals surface area contributed by atoms with Gasteiger partial charge in [-0.05, 0) is 51.9 Å². The molecule has 0 atom stereocenters. The van der Waals surface area contributed by atoms with Gasteiger partial charge in [0, 0.05) is 12.1 Å². The minimum absolute atomic E-state index is 0.0646. The van der Waals surface area contributed by atoms with Crippen molar-refractivity contribution in [3.63, 3.8) is 0 Å². The first-order valence-corrected chi connectivity index (χ1v) is 6.92. The van der Waals surface area contributed by atoms with E-state index in [1.807, 2.05) is 44.9 Å². The van der Waals surface area contributed by atoms with Crippen molar-refractivity contribution in [1.29, 1.82) is 0 Å². The molecule has 0 fully saturated rings. The third kappa shape index (κ3) is 6.57. The SMILES string of the molecule is COc1ccc(CCN(C)CC(=O)NC(C)(C)C)cc1. The van der Waals surface area contributed by atoms with E-state index < -0.39 is 0 Å². The van der Waals surface area contributed by atoms with Gasteiger partial charge in [0.15, 0.2) is 0 Å². The fraction of sp³-hybridized carbons (Fsp3) is 0.562. The summed E-state index contributed by atoms with van der Waals surface area (Å²) in [4.78, 5) is 13.8. The maximum Gasteiger partial charge on any atom is 0.234 e. The largest absolute Gasteiger partial charge is 0.497 e. The number of carbonyl (C=O) groups excluding carboxylic acids is 1. The summed E-state index contributed by atoms with van der Waals surface area (Å²) in [6.45, 7) is 7.24. The fourth-order valence-electron chi connectivity index (χ4n) is 1.89. The summed E-state index contributed by atoms with van der Waals surface area (Å²) < 4.78 is 5.13. The van der Waals surface area contributed by atoms with E-state index in [9.17, 15) is 4.79 Å². The van der Waals surface area contributed by atoms with Crippen molar-refractivity contribution in [3.05, 3.63) is 29.8 Å². The van der Waals surface area contributed by atoms with Crippen LogP contribution in [0, 0.1) is 0 Å². The van der Waals surface area contributed by atoms with Gasteiger partial charge in [0.1, 0.15) is 5.75 Å². The number of ether oxygens (including phenoxy) is 1. The van der Waals surface area contributed by atoms with Crippen molar-refractivity contribution in [1.82, 2.24) is 10.2 Å². The zero-order valence-electron chi connectivity index (χ0n) is 13.2. The van der Waals surface area contributed by atoms with Gasteiger partial charge in [-0.25, -0.2) is 0 Å². The van der Waals surface area contributed by atoms with E-state index in [2.05, 4.69) is 17.4 Å². The smallest absolute Gasteiger partial charge is 0.234 e. The molecule has 0 saturated carbocycles. The Kier molecular flexibility index (Phi) is 6.02. The number of hydrogen-bond donors (Lipinski definition) is 1. The zero-order valence-corrected chi connectivity index (χ0v) is 13.2. The molecule has 1 N–H and O–H groups in total.